The highest BCUT2D eigenvalue weighted by Crippen LogP contribution is 2.24. The van der Waals surface area contributed by atoms with Crippen LogP contribution in [-0.2, 0) is 4.79 Å². The number of allylic oxidation sites excluding steroid dienone is 1. The molecular weight excluding hydrogens is 154 g/mol. The molecule has 0 radical (unpaired) electrons. The van der Waals surface area contributed by atoms with Crippen LogP contribution < -0.4 is 5.32 Å². The van der Waals surface area contributed by atoms with Crippen molar-refractivity contribution in [3.05, 3.63) is 12.7 Å². The third-order valence-electron chi connectivity index (χ3n) is 2.52. The zero-order chi connectivity index (χ0) is 9.14. The first-order valence-corrected chi connectivity index (χ1v) is 4.21. The monoisotopic (exact) mass is 169 g/mol. The van der Waals surface area contributed by atoms with E-state index in [4.69, 9.17) is 5.11 Å². The SMILES string of the molecule is C=C[C@@H]1CC(=O)N[C@@H](C)[C@@H]1CO. The van der Waals surface area contributed by atoms with Gasteiger partial charge >= 0.3 is 0 Å². The van der Waals surface area contributed by atoms with E-state index in [9.17, 15) is 4.79 Å². The van der Waals surface area contributed by atoms with Gasteiger partial charge in [-0.1, -0.05) is 6.08 Å². The molecule has 0 saturated carbocycles. The molecule has 3 heteroatoms. The highest BCUT2D eigenvalue weighted by atomic mass is 16.3. The number of carbonyl (C=O) groups excluding carboxylic acids is 1. The average molecular weight is 169 g/mol. The van der Waals surface area contributed by atoms with E-state index in [1.165, 1.54) is 0 Å². The minimum atomic E-state index is 0.0529. The summed E-state index contributed by atoms with van der Waals surface area (Å²) >= 11 is 0. The molecular formula is C9H15NO2. The van der Waals surface area contributed by atoms with Crippen LogP contribution >= 0.6 is 0 Å². The maximum Gasteiger partial charge on any atom is 0.220 e. The number of amides is 1. The highest BCUT2D eigenvalue weighted by Gasteiger charge is 2.31. The lowest BCUT2D eigenvalue weighted by Gasteiger charge is -2.33. The normalized spacial score (nSPS) is 35.8. The Bertz CT molecular complexity index is 191. The van der Waals surface area contributed by atoms with E-state index < -0.39 is 0 Å². The first-order chi connectivity index (χ1) is 5.69. The second-order valence-corrected chi connectivity index (χ2v) is 3.31. The molecule has 0 bridgehead atoms. The Kier molecular flexibility index (Phi) is 2.87. The maximum absolute atomic E-state index is 11.1. The van der Waals surface area contributed by atoms with Crippen LogP contribution in [0.15, 0.2) is 12.7 Å². The summed E-state index contributed by atoms with van der Waals surface area (Å²) < 4.78 is 0. The summed E-state index contributed by atoms with van der Waals surface area (Å²) in [4.78, 5) is 11.1. The number of hydrogen-bond donors (Lipinski definition) is 2. The van der Waals surface area contributed by atoms with Crippen molar-refractivity contribution in [3.63, 3.8) is 0 Å². The summed E-state index contributed by atoms with van der Waals surface area (Å²) in [5.74, 6) is 0.302. The zero-order valence-electron chi connectivity index (χ0n) is 7.29. The molecule has 0 unspecified atom stereocenters. The van der Waals surface area contributed by atoms with Crippen molar-refractivity contribution >= 4 is 5.91 Å². The van der Waals surface area contributed by atoms with Crippen LogP contribution in [0.2, 0.25) is 0 Å². The molecule has 3 atom stereocenters. The van der Waals surface area contributed by atoms with Crippen LogP contribution in [0.3, 0.4) is 0 Å². The molecule has 1 rings (SSSR count). The Labute approximate surface area is 72.5 Å². The van der Waals surface area contributed by atoms with Gasteiger partial charge in [-0.25, -0.2) is 0 Å². The molecule has 1 aliphatic rings. The lowest BCUT2D eigenvalue weighted by Crippen LogP contribution is -2.48. The Balaban J connectivity index is 2.69. The summed E-state index contributed by atoms with van der Waals surface area (Å²) in [6, 6.07) is 0.0549. The summed E-state index contributed by atoms with van der Waals surface area (Å²) in [6.07, 6.45) is 2.22. The van der Waals surface area contributed by atoms with Gasteiger partial charge < -0.3 is 10.4 Å². The summed E-state index contributed by atoms with van der Waals surface area (Å²) in [5, 5.41) is 11.8. The van der Waals surface area contributed by atoms with E-state index in [0.717, 1.165) is 0 Å². The molecule has 0 aromatic heterocycles. The molecule has 1 amide bonds. The smallest absolute Gasteiger partial charge is 0.220 e. The van der Waals surface area contributed by atoms with Gasteiger partial charge in [0.05, 0.1) is 0 Å². The van der Waals surface area contributed by atoms with Crippen molar-refractivity contribution in [2.75, 3.05) is 6.61 Å². The summed E-state index contributed by atoms with van der Waals surface area (Å²) in [7, 11) is 0. The van der Waals surface area contributed by atoms with Gasteiger partial charge in [0.15, 0.2) is 0 Å². The van der Waals surface area contributed by atoms with Crippen molar-refractivity contribution in [1.82, 2.24) is 5.32 Å². The van der Waals surface area contributed by atoms with Crippen molar-refractivity contribution in [3.8, 4) is 0 Å². The van der Waals surface area contributed by atoms with E-state index in [0.29, 0.717) is 6.42 Å². The Morgan fingerprint density at radius 2 is 2.50 bits per heavy atom. The van der Waals surface area contributed by atoms with Gasteiger partial charge in [-0.2, -0.15) is 0 Å². The number of nitrogens with one attached hydrogen (secondary N) is 1. The molecule has 12 heavy (non-hydrogen) atoms. The molecule has 3 nitrogen and oxygen atoms in total. The quantitative estimate of drug-likeness (QED) is 0.584. The van der Waals surface area contributed by atoms with Crippen LogP contribution in [0.4, 0.5) is 0 Å². The largest absolute Gasteiger partial charge is 0.396 e. The lowest BCUT2D eigenvalue weighted by molar-refractivity contribution is -0.125. The van der Waals surface area contributed by atoms with Crippen LogP contribution in [0.5, 0.6) is 0 Å². The topological polar surface area (TPSA) is 49.3 Å². The van der Waals surface area contributed by atoms with Crippen molar-refractivity contribution < 1.29 is 9.90 Å². The average Bonchev–Trinajstić information content (AvgIpc) is 2.03. The van der Waals surface area contributed by atoms with Crippen LogP contribution in [-0.4, -0.2) is 23.7 Å². The molecule has 1 heterocycles. The van der Waals surface area contributed by atoms with Gasteiger partial charge in [-0.15, -0.1) is 6.58 Å². The van der Waals surface area contributed by atoms with E-state index in [1.807, 2.05) is 6.92 Å². The second kappa shape index (κ2) is 3.72. The Morgan fingerprint density at radius 1 is 1.83 bits per heavy atom. The van der Waals surface area contributed by atoms with Gasteiger partial charge in [0.25, 0.3) is 0 Å². The fourth-order valence-corrected chi connectivity index (χ4v) is 1.71. The van der Waals surface area contributed by atoms with Crippen LogP contribution in [0.1, 0.15) is 13.3 Å². The standard InChI is InChI=1S/C9H15NO2/c1-3-7-4-9(12)10-6(2)8(7)5-11/h3,6-8,11H,1,4-5H2,2H3,(H,10,12)/t6-,7+,8-/m0/s1. The summed E-state index contributed by atoms with van der Waals surface area (Å²) in [5.41, 5.74) is 0. The Hall–Kier alpha value is -0.830. The van der Waals surface area contributed by atoms with Gasteiger partial charge in [-0.3, -0.25) is 4.79 Å². The fourth-order valence-electron chi connectivity index (χ4n) is 1.71. The predicted molar refractivity (Wildman–Crippen MR) is 46.5 cm³/mol. The number of rotatable bonds is 2. The number of piperidine rings is 1. The maximum atomic E-state index is 11.1. The molecule has 0 aliphatic carbocycles. The number of aliphatic hydroxyl groups excluding tert-OH is 1. The predicted octanol–water partition coefficient (Wildman–Crippen LogP) is 0.305. The Morgan fingerprint density at radius 3 is 3.00 bits per heavy atom. The van der Waals surface area contributed by atoms with E-state index in [1.54, 1.807) is 6.08 Å². The highest BCUT2D eigenvalue weighted by molar-refractivity contribution is 5.77. The molecule has 1 aliphatic heterocycles. The minimum Gasteiger partial charge on any atom is -0.396 e. The number of carbonyl (C=O) groups is 1. The third kappa shape index (κ3) is 1.67. The lowest BCUT2D eigenvalue weighted by atomic mass is 9.82. The molecule has 0 aromatic rings. The summed E-state index contributed by atoms with van der Waals surface area (Å²) in [6.45, 7) is 5.68. The molecule has 68 valence electrons. The van der Waals surface area contributed by atoms with Gasteiger partial charge in [0.2, 0.25) is 5.91 Å². The first kappa shape index (κ1) is 9.26. The zero-order valence-corrected chi connectivity index (χ0v) is 7.29. The minimum absolute atomic E-state index is 0.0529. The number of hydrogen-bond acceptors (Lipinski definition) is 2. The fraction of sp³-hybridized carbons (Fsp3) is 0.667. The van der Waals surface area contributed by atoms with Crippen molar-refractivity contribution in [2.24, 2.45) is 11.8 Å². The van der Waals surface area contributed by atoms with Crippen LogP contribution in [0.25, 0.3) is 0 Å². The molecule has 1 fully saturated rings. The van der Waals surface area contributed by atoms with Gasteiger partial charge in [-0.05, 0) is 12.8 Å². The van der Waals surface area contributed by atoms with E-state index in [-0.39, 0.29) is 30.4 Å². The first-order valence-electron chi connectivity index (χ1n) is 4.21. The molecule has 0 aromatic carbocycles. The molecule has 1 saturated heterocycles. The van der Waals surface area contributed by atoms with E-state index >= 15 is 0 Å². The number of aliphatic hydroxyl groups is 1. The van der Waals surface area contributed by atoms with Crippen LogP contribution in [0, 0.1) is 11.8 Å². The van der Waals surface area contributed by atoms with Gasteiger partial charge in [0.1, 0.15) is 0 Å². The van der Waals surface area contributed by atoms with E-state index in [2.05, 4.69) is 11.9 Å². The molecule has 2 N–H and O–H groups in total. The van der Waals surface area contributed by atoms with Crippen molar-refractivity contribution in [1.29, 1.82) is 0 Å². The van der Waals surface area contributed by atoms with Gasteiger partial charge in [0, 0.05) is 25.0 Å². The second-order valence-electron chi connectivity index (χ2n) is 3.31. The molecule has 0 spiro atoms. The third-order valence-corrected chi connectivity index (χ3v) is 2.52. The van der Waals surface area contributed by atoms with Crippen molar-refractivity contribution in [2.45, 2.75) is 19.4 Å².